The molecule has 2 atom stereocenters. The van der Waals surface area contributed by atoms with Crippen LogP contribution in [0.25, 0.3) is 0 Å². The Morgan fingerprint density at radius 1 is 1.30 bits per heavy atom. The molecule has 0 saturated heterocycles. The minimum absolute atomic E-state index is 0.108. The van der Waals surface area contributed by atoms with Crippen LogP contribution in [0.15, 0.2) is 18.2 Å². The zero-order valence-electron chi connectivity index (χ0n) is 12.1. The predicted octanol–water partition coefficient (Wildman–Crippen LogP) is 4.05. The molecular formula is C16H23Cl2NO. The third-order valence-electron chi connectivity index (χ3n) is 4.80. The number of hydrogen-bond acceptors (Lipinski definition) is 2. The second kappa shape index (κ2) is 5.84. The lowest BCUT2D eigenvalue weighted by Crippen LogP contribution is -2.53. The van der Waals surface area contributed by atoms with E-state index < -0.39 is 6.10 Å². The Morgan fingerprint density at radius 2 is 2.00 bits per heavy atom. The summed E-state index contributed by atoms with van der Waals surface area (Å²) in [6, 6.07) is 5.65. The van der Waals surface area contributed by atoms with Crippen LogP contribution in [0, 0.1) is 10.8 Å². The molecule has 0 spiro atoms. The van der Waals surface area contributed by atoms with E-state index in [1.165, 1.54) is 0 Å². The maximum absolute atomic E-state index is 10.8. The van der Waals surface area contributed by atoms with Gasteiger partial charge >= 0.3 is 0 Å². The fourth-order valence-electron chi connectivity index (χ4n) is 3.53. The zero-order valence-corrected chi connectivity index (χ0v) is 13.6. The summed E-state index contributed by atoms with van der Waals surface area (Å²) in [5, 5.41) is 12.0. The molecule has 3 N–H and O–H groups in total. The summed E-state index contributed by atoms with van der Waals surface area (Å²) >= 11 is 12.4. The van der Waals surface area contributed by atoms with Crippen LogP contribution in [0.4, 0.5) is 0 Å². The second-order valence-corrected chi connectivity index (χ2v) is 7.49. The molecule has 1 aromatic rings. The highest BCUT2D eigenvalue weighted by atomic mass is 35.5. The van der Waals surface area contributed by atoms with Crippen molar-refractivity contribution in [3.8, 4) is 0 Å². The molecule has 1 aliphatic carbocycles. The number of benzene rings is 1. The van der Waals surface area contributed by atoms with Crippen molar-refractivity contribution in [2.75, 3.05) is 6.54 Å². The lowest BCUT2D eigenvalue weighted by Gasteiger charge is -2.49. The van der Waals surface area contributed by atoms with Gasteiger partial charge in [-0.1, -0.05) is 55.6 Å². The number of aliphatic hydroxyl groups excluding tert-OH is 1. The van der Waals surface area contributed by atoms with Crippen molar-refractivity contribution in [3.63, 3.8) is 0 Å². The first kappa shape index (κ1) is 16.1. The summed E-state index contributed by atoms with van der Waals surface area (Å²) in [6.45, 7) is 4.68. The van der Waals surface area contributed by atoms with E-state index in [1.54, 1.807) is 6.07 Å². The third kappa shape index (κ3) is 2.85. The van der Waals surface area contributed by atoms with Gasteiger partial charge in [-0.15, -0.1) is 0 Å². The van der Waals surface area contributed by atoms with Gasteiger partial charge in [0.15, 0.2) is 0 Å². The Labute approximate surface area is 131 Å². The fraction of sp³-hybridized carbons (Fsp3) is 0.625. The van der Waals surface area contributed by atoms with Crippen molar-refractivity contribution >= 4 is 23.2 Å². The van der Waals surface area contributed by atoms with E-state index in [4.69, 9.17) is 28.9 Å². The first-order chi connectivity index (χ1) is 9.32. The average Bonchev–Trinajstić information content (AvgIpc) is 2.40. The fourth-order valence-corrected chi connectivity index (χ4v) is 3.92. The molecule has 0 aliphatic heterocycles. The highest BCUT2D eigenvalue weighted by Crippen LogP contribution is 2.48. The highest BCUT2D eigenvalue weighted by Gasteiger charge is 2.47. The van der Waals surface area contributed by atoms with E-state index in [0.29, 0.717) is 23.0 Å². The Hall–Kier alpha value is -0.280. The number of hydrogen-bond donors (Lipinski definition) is 2. The van der Waals surface area contributed by atoms with E-state index >= 15 is 0 Å². The standard InChI is InChI=1S/C16H23Cl2NO/c1-15(2)7-4-8-16(10-19,14(15)20)9-11-5-3-6-12(17)13(11)18/h3,5-6,14,20H,4,7-10,19H2,1-2H3. The molecule has 0 bridgehead atoms. The average molecular weight is 316 g/mol. The van der Waals surface area contributed by atoms with Crippen molar-refractivity contribution < 1.29 is 5.11 Å². The molecule has 20 heavy (non-hydrogen) atoms. The molecule has 1 aliphatic rings. The van der Waals surface area contributed by atoms with Gasteiger partial charge < -0.3 is 10.8 Å². The maximum atomic E-state index is 10.8. The first-order valence-corrected chi connectivity index (χ1v) is 7.89. The zero-order chi connectivity index (χ0) is 15.0. The van der Waals surface area contributed by atoms with Crippen LogP contribution in [-0.2, 0) is 6.42 Å². The van der Waals surface area contributed by atoms with Gasteiger partial charge in [-0.3, -0.25) is 0 Å². The normalized spacial score (nSPS) is 29.4. The first-order valence-electron chi connectivity index (χ1n) is 7.13. The van der Waals surface area contributed by atoms with Crippen LogP contribution in [0.1, 0.15) is 38.7 Å². The molecule has 4 heteroatoms. The van der Waals surface area contributed by atoms with Crippen molar-refractivity contribution in [2.24, 2.45) is 16.6 Å². The molecule has 0 heterocycles. The quantitative estimate of drug-likeness (QED) is 0.883. The Balaban J connectivity index is 2.34. The smallest absolute Gasteiger partial charge is 0.0662 e. The number of aliphatic hydroxyl groups is 1. The lowest BCUT2D eigenvalue weighted by molar-refractivity contribution is -0.0884. The van der Waals surface area contributed by atoms with Crippen molar-refractivity contribution in [2.45, 2.75) is 45.6 Å². The lowest BCUT2D eigenvalue weighted by atomic mass is 9.59. The Kier molecular flexibility index (Phi) is 4.70. The predicted molar refractivity (Wildman–Crippen MR) is 85.3 cm³/mol. The van der Waals surface area contributed by atoms with Crippen LogP contribution in [0.5, 0.6) is 0 Å². The topological polar surface area (TPSA) is 46.2 Å². The van der Waals surface area contributed by atoms with Gasteiger partial charge in [0.05, 0.1) is 16.1 Å². The van der Waals surface area contributed by atoms with E-state index in [9.17, 15) is 5.11 Å². The van der Waals surface area contributed by atoms with Gasteiger partial charge in [-0.05, 0) is 36.3 Å². The van der Waals surface area contributed by atoms with Gasteiger partial charge in [-0.25, -0.2) is 0 Å². The van der Waals surface area contributed by atoms with Gasteiger partial charge in [-0.2, -0.15) is 0 Å². The number of rotatable bonds is 3. The summed E-state index contributed by atoms with van der Waals surface area (Å²) in [4.78, 5) is 0. The number of halogens is 2. The van der Waals surface area contributed by atoms with E-state index in [2.05, 4.69) is 13.8 Å². The molecule has 0 aromatic heterocycles. The summed E-state index contributed by atoms with van der Waals surface area (Å²) in [5.41, 5.74) is 6.61. The summed E-state index contributed by atoms with van der Waals surface area (Å²) in [6.07, 6.45) is 3.28. The van der Waals surface area contributed by atoms with Crippen molar-refractivity contribution in [1.29, 1.82) is 0 Å². The molecule has 1 fully saturated rings. The van der Waals surface area contributed by atoms with E-state index in [0.717, 1.165) is 24.8 Å². The van der Waals surface area contributed by atoms with Gasteiger partial charge in [0.1, 0.15) is 0 Å². The molecule has 2 unspecified atom stereocenters. The summed E-state index contributed by atoms with van der Waals surface area (Å²) in [7, 11) is 0. The van der Waals surface area contributed by atoms with Crippen LogP contribution < -0.4 is 5.73 Å². The van der Waals surface area contributed by atoms with E-state index in [1.807, 2.05) is 12.1 Å². The Morgan fingerprint density at radius 3 is 2.65 bits per heavy atom. The van der Waals surface area contributed by atoms with Crippen LogP contribution in [0.2, 0.25) is 10.0 Å². The Bertz CT molecular complexity index is 489. The van der Waals surface area contributed by atoms with Crippen molar-refractivity contribution in [1.82, 2.24) is 0 Å². The molecule has 1 aromatic carbocycles. The second-order valence-electron chi connectivity index (χ2n) is 6.70. The van der Waals surface area contributed by atoms with Gasteiger partial charge in [0.2, 0.25) is 0 Å². The summed E-state index contributed by atoms with van der Waals surface area (Å²) in [5.74, 6) is 0. The molecule has 112 valence electrons. The molecule has 2 nitrogen and oxygen atoms in total. The maximum Gasteiger partial charge on any atom is 0.0662 e. The van der Waals surface area contributed by atoms with Crippen LogP contribution in [-0.4, -0.2) is 17.8 Å². The molecular weight excluding hydrogens is 293 g/mol. The summed E-state index contributed by atoms with van der Waals surface area (Å²) < 4.78 is 0. The number of nitrogens with two attached hydrogens (primary N) is 1. The third-order valence-corrected chi connectivity index (χ3v) is 5.65. The molecule has 1 saturated carbocycles. The highest BCUT2D eigenvalue weighted by molar-refractivity contribution is 6.42. The van der Waals surface area contributed by atoms with Crippen molar-refractivity contribution in [3.05, 3.63) is 33.8 Å². The largest absolute Gasteiger partial charge is 0.392 e. The van der Waals surface area contributed by atoms with Crippen LogP contribution >= 0.6 is 23.2 Å². The molecule has 0 radical (unpaired) electrons. The minimum Gasteiger partial charge on any atom is -0.392 e. The monoisotopic (exact) mass is 315 g/mol. The molecule has 2 rings (SSSR count). The SMILES string of the molecule is CC1(C)CCCC(CN)(Cc2cccc(Cl)c2Cl)C1O. The van der Waals surface area contributed by atoms with E-state index in [-0.39, 0.29) is 10.8 Å². The van der Waals surface area contributed by atoms with Crippen LogP contribution in [0.3, 0.4) is 0 Å². The molecule has 0 amide bonds. The van der Waals surface area contributed by atoms with Gasteiger partial charge in [0.25, 0.3) is 0 Å². The minimum atomic E-state index is -0.427. The van der Waals surface area contributed by atoms with Gasteiger partial charge in [0, 0.05) is 12.0 Å².